The molecular formula is C7H9IN2O. The van der Waals surface area contributed by atoms with Gasteiger partial charge in [-0.15, -0.1) is 0 Å². The summed E-state index contributed by atoms with van der Waals surface area (Å²) in [6, 6.07) is 0. The molecule has 0 spiro atoms. The molecule has 1 aliphatic rings. The Morgan fingerprint density at radius 2 is 2.36 bits per heavy atom. The molecule has 1 aromatic heterocycles. The smallest absolute Gasteiger partial charge is 0.180 e. The predicted octanol–water partition coefficient (Wildman–Crippen LogP) is 1.98. The van der Waals surface area contributed by atoms with Gasteiger partial charge >= 0.3 is 0 Å². The summed E-state index contributed by atoms with van der Waals surface area (Å²) < 4.78 is 6.10. The molecule has 0 bridgehead atoms. The van der Waals surface area contributed by atoms with E-state index in [1.807, 2.05) is 0 Å². The van der Waals surface area contributed by atoms with Crippen molar-refractivity contribution in [2.45, 2.75) is 19.3 Å². The molecule has 2 atom stereocenters. The van der Waals surface area contributed by atoms with Crippen molar-refractivity contribution < 1.29 is 4.52 Å². The number of aromatic nitrogens is 1. The van der Waals surface area contributed by atoms with Crippen LogP contribution in [0, 0.1) is 9.49 Å². The third-order valence-electron chi connectivity index (χ3n) is 2.13. The minimum absolute atomic E-state index is 0.528. The highest BCUT2D eigenvalue weighted by Crippen LogP contribution is 2.48. The van der Waals surface area contributed by atoms with Gasteiger partial charge in [-0.1, -0.05) is 12.1 Å². The van der Waals surface area contributed by atoms with Crippen molar-refractivity contribution in [2.24, 2.45) is 5.92 Å². The van der Waals surface area contributed by atoms with Gasteiger partial charge in [0.05, 0.1) is 3.57 Å². The van der Waals surface area contributed by atoms with Crippen LogP contribution < -0.4 is 5.73 Å². The Morgan fingerprint density at radius 1 is 1.73 bits per heavy atom. The zero-order chi connectivity index (χ0) is 8.01. The zero-order valence-corrected chi connectivity index (χ0v) is 8.33. The quantitative estimate of drug-likeness (QED) is 0.789. The van der Waals surface area contributed by atoms with Gasteiger partial charge in [0.1, 0.15) is 0 Å². The molecule has 0 radical (unpaired) electrons. The van der Waals surface area contributed by atoms with Gasteiger partial charge in [-0.05, 0) is 34.9 Å². The van der Waals surface area contributed by atoms with Crippen LogP contribution in [-0.4, -0.2) is 5.16 Å². The second-order valence-corrected chi connectivity index (χ2v) is 4.14. The Balaban J connectivity index is 2.31. The summed E-state index contributed by atoms with van der Waals surface area (Å²) in [6.45, 7) is 2.21. The number of anilines is 1. The van der Waals surface area contributed by atoms with E-state index in [4.69, 9.17) is 10.3 Å². The number of hydrogen-bond donors (Lipinski definition) is 1. The highest BCUT2D eigenvalue weighted by Gasteiger charge is 2.39. The highest BCUT2D eigenvalue weighted by atomic mass is 127. The Hall–Kier alpha value is -0.260. The van der Waals surface area contributed by atoms with Gasteiger partial charge in [0, 0.05) is 5.92 Å². The highest BCUT2D eigenvalue weighted by molar-refractivity contribution is 14.1. The van der Waals surface area contributed by atoms with Crippen LogP contribution >= 0.6 is 22.6 Å². The van der Waals surface area contributed by atoms with Crippen LogP contribution in [-0.2, 0) is 0 Å². The fourth-order valence-corrected chi connectivity index (χ4v) is 1.82. The third kappa shape index (κ3) is 1.13. The van der Waals surface area contributed by atoms with Gasteiger partial charge in [0.2, 0.25) is 0 Å². The molecule has 60 valence electrons. The second kappa shape index (κ2) is 2.36. The van der Waals surface area contributed by atoms with Gasteiger partial charge in [0.25, 0.3) is 0 Å². The molecule has 0 saturated heterocycles. The van der Waals surface area contributed by atoms with Crippen molar-refractivity contribution in [1.29, 1.82) is 0 Å². The minimum Gasteiger partial charge on any atom is -0.380 e. The maximum atomic E-state index is 5.54. The zero-order valence-electron chi connectivity index (χ0n) is 6.17. The third-order valence-corrected chi connectivity index (χ3v) is 3.21. The van der Waals surface area contributed by atoms with E-state index in [0.717, 1.165) is 15.2 Å². The number of hydrogen-bond acceptors (Lipinski definition) is 3. The Kier molecular flexibility index (Phi) is 1.59. The van der Waals surface area contributed by atoms with Crippen molar-refractivity contribution in [3.63, 3.8) is 0 Å². The van der Waals surface area contributed by atoms with Crippen molar-refractivity contribution in [1.82, 2.24) is 5.16 Å². The molecule has 1 saturated carbocycles. The summed E-state index contributed by atoms with van der Waals surface area (Å²) in [4.78, 5) is 0. The number of nitrogen functional groups attached to an aromatic ring is 1. The molecule has 1 aliphatic carbocycles. The Morgan fingerprint density at radius 3 is 2.73 bits per heavy atom. The van der Waals surface area contributed by atoms with Crippen LogP contribution in [0.2, 0.25) is 0 Å². The summed E-state index contributed by atoms with van der Waals surface area (Å²) in [6.07, 6.45) is 1.21. The van der Waals surface area contributed by atoms with Gasteiger partial charge in [-0.25, -0.2) is 0 Å². The van der Waals surface area contributed by atoms with E-state index < -0.39 is 0 Å². The van der Waals surface area contributed by atoms with E-state index in [1.165, 1.54) is 6.42 Å². The molecule has 1 aromatic rings. The van der Waals surface area contributed by atoms with Crippen molar-refractivity contribution in [3.05, 3.63) is 9.33 Å². The van der Waals surface area contributed by atoms with Crippen LogP contribution in [0.25, 0.3) is 0 Å². The molecule has 4 heteroatoms. The molecule has 0 aromatic carbocycles. The second-order valence-electron chi connectivity index (χ2n) is 3.07. The fourth-order valence-electron chi connectivity index (χ4n) is 1.22. The van der Waals surface area contributed by atoms with Crippen molar-refractivity contribution >= 4 is 28.4 Å². The van der Waals surface area contributed by atoms with E-state index in [-0.39, 0.29) is 0 Å². The molecule has 11 heavy (non-hydrogen) atoms. The summed E-state index contributed by atoms with van der Waals surface area (Å²) in [5.74, 6) is 2.83. The molecule has 0 amide bonds. The average molecular weight is 264 g/mol. The van der Waals surface area contributed by atoms with Gasteiger partial charge in [0.15, 0.2) is 11.6 Å². The van der Waals surface area contributed by atoms with Crippen LogP contribution in [0.5, 0.6) is 0 Å². The molecule has 1 heterocycles. The maximum Gasteiger partial charge on any atom is 0.180 e. The van der Waals surface area contributed by atoms with Gasteiger partial charge in [-0.2, -0.15) is 0 Å². The normalized spacial score (nSPS) is 28.9. The monoisotopic (exact) mass is 264 g/mol. The van der Waals surface area contributed by atoms with Crippen LogP contribution in [0.3, 0.4) is 0 Å². The number of halogens is 1. The molecule has 3 nitrogen and oxygen atoms in total. The lowest BCUT2D eigenvalue weighted by Crippen LogP contribution is -1.87. The molecule has 2 N–H and O–H groups in total. The largest absolute Gasteiger partial charge is 0.380 e. The van der Waals surface area contributed by atoms with Gasteiger partial charge in [-0.3, -0.25) is 0 Å². The van der Waals surface area contributed by atoms with E-state index in [0.29, 0.717) is 11.7 Å². The van der Waals surface area contributed by atoms with Crippen LogP contribution in [0.1, 0.15) is 25.0 Å². The Labute approximate surface area is 78.5 Å². The first-order valence-corrected chi connectivity index (χ1v) is 4.68. The lowest BCUT2D eigenvalue weighted by Gasteiger charge is -1.88. The summed E-state index contributed by atoms with van der Waals surface area (Å²) in [5, 5.41) is 3.71. The topological polar surface area (TPSA) is 52.0 Å². The first-order valence-electron chi connectivity index (χ1n) is 3.60. The van der Waals surface area contributed by atoms with E-state index in [9.17, 15) is 0 Å². The van der Waals surface area contributed by atoms with E-state index in [1.54, 1.807) is 0 Å². The molecule has 1 fully saturated rings. The molecule has 2 rings (SSSR count). The lowest BCUT2D eigenvalue weighted by atomic mass is 10.3. The van der Waals surface area contributed by atoms with E-state index in [2.05, 4.69) is 34.7 Å². The van der Waals surface area contributed by atoms with Crippen LogP contribution in [0.4, 0.5) is 5.82 Å². The van der Waals surface area contributed by atoms with E-state index >= 15 is 0 Å². The Bertz CT molecular complexity index is 284. The number of nitrogens with zero attached hydrogens (tertiary/aromatic N) is 1. The number of rotatable bonds is 1. The average Bonchev–Trinajstić information content (AvgIpc) is 2.58. The van der Waals surface area contributed by atoms with Crippen molar-refractivity contribution in [2.75, 3.05) is 5.73 Å². The summed E-state index contributed by atoms with van der Waals surface area (Å²) in [7, 11) is 0. The summed E-state index contributed by atoms with van der Waals surface area (Å²) >= 11 is 2.18. The minimum atomic E-state index is 0.528. The maximum absolute atomic E-state index is 5.54. The number of nitrogens with two attached hydrogens (primary N) is 1. The molecule has 2 unspecified atom stereocenters. The molecular weight excluding hydrogens is 255 g/mol. The lowest BCUT2D eigenvalue weighted by molar-refractivity contribution is 0.383. The fraction of sp³-hybridized carbons (Fsp3) is 0.571. The van der Waals surface area contributed by atoms with Gasteiger partial charge < -0.3 is 10.3 Å². The molecule has 0 aliphatic heterocycles. The SMILES string of the molecule is CC1CC1c1onc(N)c1I. The summed E-state index contributed by atoms with van der Waals surface area (Å²) in [5.41, 5.74) is 5.54. The standard InChI is InChI=1S/C7H9IN2O/c1-3-2-4(3)6-5(8)7(9)10-11-6/h3-4H,2H2,1H3,(H2,9,10). The first kappa shape index (κ1) is 7.39. The van der Waals surface area contributed by atoms with Crippen molar-refractivity contribution in [3.8, 4) is 0 Å². The predicted molar refractivity (Wildman–Crippen MR) is 50.2 cm³/mol. The van der Waals surface area contributed by atoms with Crippen LogP contribution in [0.15, 0.2) is 4.52 Å². The first-order chi connectivity index (χ1) is 5.20.